The molecule has 0 aliphatic carbocycles. The molecule has 1 nitrogen and oxygen atoms in total. The number of rotatable bonds is 4. The fourth-order valence-electron chi connectivity index (χ4n) is 1.56. The average Bonchev–Trinajstić information content (AvgIpc) is 2.29. The highest BCUT2D eigenvalue weighted by Gasteiger charge is 2.06. The molecule has 1 aromatic carbocycles. The van der Waals surface area contributed by atoms with E-state index in [1.807, 2.05) is 17.0 Å². The normalized spacial score (nSPS) is 9.00. The third-order valence-electron chi connectivity index (χ3n) is 2.28. The van der Waals surface area contributed by atoms with Gasteiger partial charge < -0.3 is 4.90 Å². The molecule has 0 N–H and O–H groups in total. The minimum absolute atomic E-state index is 0.557. The Labute approximate surface area is 92.1 Å². The molecule has 1 aromatic rings. The van der Waals surface area contributed by atoms with Crippen LogP contribution in [0.5, 0.6) is 0 Å². The van der Waals surface area contributed by atoms with Crippen LogP contribution < -0.4 is 4.90 Å². The lowest BCUT2D eigenvalue weighted by molar-refractivity contribution is 0.962. The van der Waals surface area contributed by atoms with Crippen LogP contribution in [0.15, 0.2) is 24.3 Å². The van der Waals surface area contributed by atoms with E-state index >= 15 is 0 Å². The second-order valence-corrected chi connectivity index (χ2v) is 3.25. The number of benzene rings is 1. The van der Waals surface area contributed by atoms with Crippen molar-refractivity contribution in [1.29, 1.82) is 0 Å². The molecule has 0 heterocycles. The van der Waals surface area contributed by atoms with Gasteiger partial charge in [-0.15, -0.1) is 12.8 Å². The first-order chi connectivity index (χ1) is 7.33. The number of aryl methyl sites for hydroxylation is 1. The van der Waals surface area contributed by atoms with Crippen molar-refractivity contribution in [3.05, 3.63) is 29.8 Å². The minimum atomic E-state index is 0.557. The molecule has 0 aliphatic rings. The van der Waals surface area contributed by atoms with Crippen molar-refractivity contribution in [1.82, 2.24) is 0 Å². The summed E-state index contributed by atoms with van der Waals surface area (Å²) in [6, 6.07) is 8.21. The Hall–Kier alpha value is -1.86. The maximum absolute atomic E-state index is 5.33. The Balaban J connectivity index is 3.00. The summed E-state index contributed by atoms with van der Waals surface area (Å²) in [6.45, 7) is 3.24. The predicted octanol–water partition coefficient (Wildman–Crippen LogP) is 2.32. The van der Waals surface area contributed by atoms with E-state index in [0.717, 1.165) is 12.1 Å². The van der Waals surface area contributed by atoms with Gasteiger partial charge in [-0.05, 0) is 18.1 Å². The summed E-state index contributed by atoms with van der Waals surface area (Å²) in [7, 11) is 0. The molecule has 15 heavy (non-hydrogen) atoms. The van der Waals surface area contributed by atoms with E-state index in [1.165, 1.54) is 5.56 Å². The molecule has 0 bridgehead atoms. The molecule has 0 spiro atoms. The summed E-state index contributed by atoms with van der Waals surface area (Å²) in [5, 5.41) is 0. The molecule has 0 aromatic heterocycles. The van der Waals surface area contributed by atoms with Gasteiger partial charge in [-0.3, -0.25) is 0 Å². The molecule has 0 atom stereocenters. The molecule has 0 aliphatic heterocycles. The molecular formula is C14H15N. The third-order valence-corrected chi connectivity index (χ3v) is 2.28. The standard InChI is InChI=1S/C14H15N/c1-4-11-15(12-5-2)14-10-8-7-9-13(14)6-3/h1-2,7-10H,6,11-12H2,3H3. The van der Waals surface area contributed by atoms with Crippen molar-refractivity contribution in [2.24, 2.45) is 0 Å². The Kier molecular flexibility index (Phi) is 4.32. The van der Waals surface area contributed by atoms with Gasteiger partial charge in [0.05, 0.1) is 13.1 Å². The molecule has 1 rings (SSSR count). The number of hydrogen-bond donors (Lipinski definition) is 0. The number of anilines is 1. The first-order valence-corrected chi connectivity index (χ1v) is 5.03. The van der Waals surface area contributed by atoms with Crippen LogP contribution in [-0.4, -0.2) is 13.1 Å². The van der Waals surface area contributed by atoms with Crippen molar-refractivity contribution in [2.45, 2.75) is 13.3 Å². The number of hydrogen-bond acceptors (Lipinski definition) is 1. The van der Waals surface area contributed by atoms with Crippen LogP contribution in [0.2, 0.25) is 0 Å². The van der Waals surface area contributed by atoms with Crippen LogP contribution >= 0.6 is 0 Å². The van der Waals surface area contributed by atoms with Crippen LogP contribution in [0, 0.1) is 24.7 Å². The fraction of sp³-hybridized carbons (Fsp3) is 0.286. The van der Waals surface area contributed by atoms with Crippen LogP contribution in [0.3, 0.4) is 0 Å². The lowest BCUT2D eigenvalue weighted by Gasteiger charge is -2.22. The van der Waals surface area contributed by atoms with Gasteiger partial charge in [0.1, 0.15) is 0 Å². The van der Waals surface area contributed by atoms with E-state index in [-0.39, 0.29) is 0 Å². The lowest BCUT2D eigenvalue weighted by atomic mass is 10.1. The quantitative estimate of drug-likeness (QED) is 0.670. The van der Waals surface area contributed by atoms with Crippen LogP contribution in [0.1, 0.15) is 12.5 Å². The Morgan fingerprint density at radius 2 is 1.73 bits per heavy atom. The van der Waals surface area contributed by atoms with Gasteiger partial charge in [-0.25, -0.2) is 0 Å². The highest BCUT2D eigenvalue weighted by atomic mass is 15.1. The average molecular weight is 197 g/mol. The van der Waals surface area contributed by atoms with Crippen molar-refractivity contribution in [3.8, 4) is 24.7 Å². The van der Waals surface area contributed by atoms with Crippen LogP contribution in [-0.2, 0) is 6.42 Å². The largest absolute Gasteiger partial charge is 0.349 e. The second kappa shape index (κ2) is 5.78. The third kappa shape index (κ3) is 2.79. The van der Waals surface area contributed by atoms with Gasteiger partial charge in [-0.2, -0.15) is 0 Å². The highest BCUT2D eigenvalue weighted by molar-refractivity contribution is 5.55. The van der Waals surface area contributed by atoms with Gasteiger partial charge in [0, 0.05) is 5.69 Å². The van der Waals surface area contributed by atoms with E-state index in [4.69, 9.17) is 12.8 Å². The smallest absolute Gasteiger partial charge is 0.0801 e. The summed E-state index contributed by atoms with van der Waals surface area (Å²) in [5.41, 5.74) is 2.43. The summed E-state index contributed by atoms with van der Waals surface area (Å²) in [5.74, 6) is 5.27. The van der Waals surface area contributed by atoms with Gasteiger partial charge in [0.15, 0.2) is 0 Å². The van der Waals surface area contributed by atoms with Crippen LogP contribution in [0.4, 0.5) is 5.69 Å². The molecule has 76 valence electrons. The SMILES string of the molecule is C#CCN(CC#C)c1ccccc1CC. The highest BCUT2D eigenvalue weighted by Crippen LogP contribution is 2.20. The first-order valence-electron chi connectivity index (χ1n) is 5.03. The number of nitrogens with zero attached hydrogens (tertiary/aromatic N) is 1. The van der Waals surface area contributed by atoms with Crippen molar-refractivity contribution in [2.75, 3.05) is 18.0 Å². The van der Waals surface area contributed by atoms with Gasteiger partial charge >= 0.3 is 0 Å². The Bertz CT molecular complexity index is 377. The molecule has 0 amide bonds. The van der Waals surface area contributed by atoms with Crippen molar-refractivity contribution < 1.29 is 0 Å². The minimum Gasteiger partial charge on any atom is -0.349 e. The maximum atomic E-state index is 5.33. The summed E-state index contributed by atoms with van der Waals surface area (Å²) >= 11 is 0. The van der Waals surface area contributed by atoms with Crippen molar-refractivity contribution >= 4 is 5.69 Å². The monoisotopic (exact) mass is 197 g/mol. The molecule has 0 unspecified atom stereocenters. The van der Waals surface area contributed by atoms with E-state index in [0.29, 0.717) is 13.1 Å². The van der Waals surface area contributed by atoms with Gasteiger partial charge in [0.25, 0.3) is 0 Å². The number of terminal acetylenes is 2. The molecule has 1 heteroatoms. The van der Waals surface area contributed by atoms with Gasteiger partial charge in [-0.1, -0.05) is 37.0 Å². The zero-order valence-electron chi connectivity index (χ0n) is 9.03. The topological polar surface area (TPSA) is 3.24 Å². The number of para-hydroxylation sites is 1. The van der Waals surface area contributed by atoms with E-state index in [9.17, 15) is 0 Å². The Morgan fingerprint density at radius 1 is 1.13 bits per heavy atom. The Morgan fingerprint density at radius 3 is 2.27 bits per heavy atom. The van der Waals surface area contributed by atoms with E-state index in [1.54, 1.807) is 0 Å². The van der Waals surface area contributed by atoms with Gasteiger partial charge in [0.2, 0.25) is 0 Å². The summed E-state index contributed by atoms with van der Waals surface area (Å²) in [6.07, 6.45) is 11.6. The molecular weight excluding hydrogens is 182 g/mol. The predicted molar refractivity (Wildman–Crippen MR) is 65.7 cm³/mol. The molecule has 0 saturated carbocycles. The first kappa shape index (κ1) is 11.2. The van der Waals surface area contributed by atoms with E-state index < -0.39 is 0 Å². The summed E-state index contributed by atoms with van der Waals surface area (Å²) < 4.78 is 0. The summed E-state index contributed by atoms with van der Waals surface area (Å²) in [4.78, 5) is 2.04. The van der Waals surface area contributed by atoms with E-state index in [2.05, 4.69) is 30.9 Å². The lowest BCUT2D eigenvalue weighted by Crippen LogP contribution is -2.24. The molecule has 0 fully saturated rings. The second-order valence-electron chi connectivity index (χ2n) is 3.25. The van der Waals surface area contributed by atoms with Crippen molar-refractivity contribution in [3.63, 3.8) is 0 Å². The van der Waals surface area contributed by atoms with Crippen LogP contribution in [0.25, 0.3) is 0 Å². The molecule has 0 radical (unpaired) electrons. The fourth-order valence-corrected chi connectivity index (χ4v) is 1.56. The zero-order valence-corrected chi connectivity index (χ0v) is 9.03. The molecule has 0 saturated heterocycles. The maximum Gasteiger partial charge on any atom is 0.0801 e. The zero-order chi connectivity index (χ0) is 11.1.